The summed E-state index contributed by atoms with van der Waals surface area (Å²) in [5, 5.41) is 0.694. The summed E-state index contributed by atoms with van der Waals surface area (Å²) in [6, 6.07) is 12.5. The van der Waals surface area contributed by atoms with Crippen LogP contribution in [0.5, 0.6) is 0 Å². The molecule has 0 saturated carbocycles. The lowest BCUT2D eigenvalue weighted by molar-refractivity contribution is 0.583. The summed E-state index contributed by atoms with van der Waals surface area (Å²) in [6.07, 6.45) is 1.18. The predicted octanol–water partition coefficient (Wildman–Crippen LogP) is 4.35. The van der Waals surface area contributed by atoms with Crippen LogP contribution in [-0.4, -0.2) is 6.04 Å². The Morgan fingerprint density at radius 1 is 1.16 bits per heavy atom. The molecule has 2 aromatic carbocycles. The monoisotopic (exact) mass is 341 g/mol. The summed E-state index contributed by atoms with van der Waals surface area (Å²) in [5.41, 5.74) is 7.78. The molecule has 0 spiro atoms. The molecule has 2 rings (SSSR count). The van der Waals surface area contributed by atoms with Crippen molar-refractivity contribution in [3.63, 3.8) is 0 Å². The molecule has 4 heteroatoms. The first kappa shape index (κ1) is 14.5. The van der Waals surface area contributed by atoms with Crippen molar-refractivity contribution in [2.24, 2.45) is 5.73 Å². The zero-order valence-corrected chi connectivity index (χ0v) is 12.6. The fraction of sp³-hybridized carbons (Fsp3) is 0.200. The van der Waals surface area contributed by atoms with E-state index in [1.165, 1.54) is 6.07 Å². The van der Waals surface area contributed by atoms with Crippen LogP contribution in [0.1, 0.15) is 11.1 Å². The molecule has 0 aliphatic heterocycles. The van der Waals surface area contributed by atoms with Crippen molar-refractivity contribution in [2.75, 3.05) is 0 Å². The van der Waals surface area contributed by atoms with Crippen molar-refractivity contribution < 1.29 is 4.39 Å². The number of halogens is 3. The van der Waals surface area contributed by atoms with Crippen molar-refractivity contribution in [3.8, 4) is 0 Å². The minimum atomic E-state index is -0.226. The van der Waals surface area contributed by atoms with Crippen LogP contribution in [0.3, 0.4) is 0 Å². The van der Waals surface area contributed by atoms with Crippen molar-refractivity contribution in [2.45, 2.75) is 18.9 Å². The van der Waals surface area contributed by atoms with E-state index in [9.17, 15) is 4.39 Å². The van der Waals surface area contributed by atoms with Gasteiger partial charge in [-0.2, -0.15) is 0 Å². The highest BCUT2D eigenvalue weighted by molar-refractivity contribution is 9.10. The average Bonchev–Trinajstić information content (AvgIpc) is 2.33. The molecular weight excluding hydrogens is 329 g/mol. The quantitative estimate of drug-likeness (QED) is 0.878. The molecule has 0 aromatic heterocycles. The van der Waals surface area contributed by atoms with E-state index in [0.717, 1.165) is 10.0 Å². The first-order valence-electron chi connectivity index (χ1n) is 5.98. The van der Waals surface area contributed by atoms with Crippen LogP contribution < -0.4 is 5.73 Å². The van der Waals surface area contributed by atoms with Crippen LogP contribution in [0.4, 0.5) is 4.39 Å². The van der Waals surface area contributed by atoms with E-state index in [-0.39, 0.29) is 11.9 Å². The Bertz CT molecular complexity index is 574. The first-order valence-corrected chi connectivity index (χ1v) is 7.15. The number of hydrogen-bond acceptors (Lipinski definition) is 1. The molecule has 1 nitrogen and oxygen atoms in total. The number of nitrogens with two attached hydrogens (primary N) is 1. The topological polar surface area (TPSA) is 26.0 Å². The van der Waals surface area contributed by atoms with Crippen LogP contribution in [0.15, 0.2) is 46.9 Å². The van der Waals surface area contributed by atoms with Gasteiger partial charge in [-0.25, -0.2) is 4.39 Å². The Balaban J connectivity index is 2.03. The summed E-state index contributed by atoms with van der Waals surface area (Å²) in [7, 11) is 0. The second-order valence-electron chi connectivity index (χ2n) is 4.53. The molecule has 100 valence electrons. The van der Waals surface area contributed by atoms with Gasteiger partial charge in [0.15, 0.2) is 0 Å². The van der Waals surface area contributed by atoms with Gasteiger partial charge in [-0.15, -0.1) is 0 Å². The van der Waals surface area contributed by atoms with E-state index in [4.69, 9.17) is 17.3 Å². The van der Waals surface area contributed by atoms with Crippen LogP contribution in [0.2, 0.25) is 5.02 Å². The molecule has 1 atom stereocenters. The highest BCUT2D eigenvalue weighted by Crippen LogP contribution is 2.18. The van der Waals surface area contributed by atoms with Gasteiger partial charge in [-0.1, -0.05) is 45.7 Å². The lowest BCUT2D eigenvalue weighted by Crippen LogP contribution is -2.26. The Labute approximate surface area is 125 Å². The summed E-state index contributed by atoms with van der Waals surface area (Å²) < 4.78 is 14.4. The average molecular weight is 343 g/mol. The van der Waals surface area contributed by atoms with Gasteiger partial charge in [0.05, 0.1) is 0 Å². The Morgan fingerprint density at radius 3 is 2.63 bits per heavy atom. The number of hydrogen-bond donors (Lipinski definition) is 1. The third kappa shape index (κ3) is 4.30. The molecule has 1 unspecified atom stereocenters. The molecular formula is C15H14BrClFN. The molecule has 0 saturated heterocycles. The SMILES string of the molecule is NC(Cc1cccc(Cl)c1)Cc1ccc(Br)cc1F. The molecule has 0 bridgehead atoms. The lowest BCUT2D eigenvalue weighted by Gasteiger charge is -2.13. The molecule has 2 N–H and O–H groups in total. The molecule has 19 heavy (non-hydrogen) atoms. The van der Waals surface area contributed by atoms with Gasteiger partial charge in [0.1, 0.15) is 5.82 Å². The van der Waals surface area contributed by atoms with E-state index < -0.39 is 0 Å². The van der Waals surface area contributed by atoms with E-state index in [1.807, 2.05) is 30.3 Å². The maximum absolute atomic E-state index is 13.7. The second-order valence-corrected chi connectivity index (χ2v) is 5.89. The summed E-state index contributed by atoms with van der Waals surface area (Å²) >= 11 is 9.16. The standard InChI is InChI=1S/C15H14BrClFN/c16-12-5-4-11(15(18)9-12)8-14(19)7-10-2-1-3-13(17)6-10/h1-6,9,14H,7-8,19H2. The van der Waals surface area contributed by atoms with E-state index in [2.05, 4.69) is 15.9 Å². The number of rotatable bonds is 4. The maximum atomic E-state index is 13.7. The van der Waals surface area contributed by atoms with Gasteiger partial charge < -0.3 is 5.73 Å². The summed E-state index contributed by atoms with van der Waals surface area (Å²) in [6.45, 7) is 0. The van der Waals surface area contributed by atoms with Crippen molar-refractivity contribution in [1.82, 2.24) is 0 Å². The molecule has 0 fully saturated rings. The van der Waals surface area contributed by atoms with E-state index >= 15 is 0 Å². The smallest absolute Gasteiger partial charge is 0.127 e. The van der Waals surface area contributed by atoms with Gasteiger partial charge in [0.2, 0.25) is 0 Å². The zero-order valence-electron chi connectivity index (χ0n) is 10.2. The fourth-order valence-electron chi connectivity index (χ4n) is 2.01. The van der Waals surface area contributed by atoms with E-state index in [1.54, 1.807) is 6.07 Å². The van der Waals surface area contributed by atoms with Crippen LogP contribution in [0, 0.1) is 5.82 Å². The largest absolute Gasteiger partial charge is 0.327 e. The fourth-order valence-corrected chi connectivity index (χ4v) is 2.55. The van der Waals surface area contributed by atoms with Crippen molar-refractivity contribution in [1.29, 1.82) is 0 Å². The lowest BCUT2D eigenvalue weighted by atomic mass is 9.99. The molecule has 0 heterocycles. The third-order valence-electron chi connectivity index (χ3n) is 2.88. The minimum Gasteiger partial charge on any atom is -0.327 e. The summed E-state index contributed by atoms with van der Waals surface area (Å²) in [5.74, 6) is -0.226. The highest BCUT2D eigenvalue weighted by atomic mass is 79.9. The normalized spacial score (nSPS) is 12.4. The van der Waals surface area contributed by atoms with Gasteiger partial charge in [-0.05, 0) is 48.2 Å². The zero-order chi connectivity index (χ0) is 13.8. The van der Waals surface area contributed by atoms with Gasteiger partial charge in [0.25, 0.3) is 0 Å². The van der Waals surface area contributed by atoms with Crippen molar-refractivity contribution >= 4 is 27.5 Å². The van der Waals surface area contributed by atoms with Crippen molar-refractivity contribution in [3.05, 3.63) is 68.9 Å². The molecule has 0 aliphatic rings. The molecule has 2 aromatic rings. The highest BCUT2D eigenvalue weighted by Gasteiger charge is 2.10. The molecule has 0 radical (unpaired) electrons. The Kier molecular flexibility index (Phi) is 4.97. The van der Waals surface area contributed by atoms with Crippen LogP contribution >= 0.6 is 27.5 Å². The van der Waals surface area contributed by atoms with Gasteiger partial charge >= 0.3 is 0 Å². The van der Waals surface area contributed by atoms with Gasteiger partial charge in [-0.3, -0.25) is 0 Å². The number of benzene rings is 2. The Hall–Kier alpha value is -0.900. The third-order valence-corrected chi connectivity index (χ3v) is 3.61. The van der Waals surface area contributed by atoms with Gasteiger partial charge in [0, 0.05) is 15.5 Å². The maximum Gasteiger partial charge on any atom is 0.127 e. The minimum absolute atomic E-state index is 0.130. The molecule has 0 amide bonds. The Morgan fingerprint density at radius 2 is 1.95 bits per heavy atom. The van der Waals surface area contributed by atoms with E-state index in [0.29, 0.717) is 23.4 Å². The molecule has 0 aliphatic carbocycles. The second kappa shape index (κ2) is 6.51. The van der Waals surface area contributed by atoms with Crippen LogP contribution in [0.25, 0.3) is 0 Å². The first-order chi connectivity index (χ1) is 9.04. The van der Waals surface area contributed by atoms with Crippen LogP contribution in [-0.2, 0) is 12.8 Å². The predicted molar refractivity (Wildman–Crippen MR) is 80.9 cm³/mol. The summed E-state index contributed by atoms with van der Waals surface area (Å²) in [4.78, 5) is 0.